The minimum atomic E-state index is -0.299. The Labute approximate surface area is 143 Å². The van der Waals surface area contributed by atoms with Crippen LogP contribution < -0.4 is 8.92 Å². The van der Waals surface area contributed by atoms with Crippen LogP contribution in [-0.4, -0.2) is 48.7 Å². The molecule has 2 aromatic carbocycles. The van der Waals surface area contributed by atoms with Crippen molar-refractivity contribution in [1.29, 1.82) is 0 Å². The van der Waals surface area contributed by atoms with E-state index in [0.717, 1.165) is 12.8 Å². The number of aliphatic hydroxyl groups is 2. The maximum absolute atomic E-state index is 9.64. The first kappa shape index (κ1) is 17.7. The molecule has 0 fully saturated rings. The van der Waals surface area contributed by atoms with Gasteiger partial charge in [0, 0.05) is 0 Å². The topological polar surface area (TPSA) is 40.5 Å². The van der Waals surface area contributed by atoms with E-state index < -0.39 is 0 Å². The van der Waals surface area contributed by atoms with Crippen molar-refractivity contribution in [2.75, 3.05) is 0 Å². The van der Waals surface area contributed by atoms with Gasteiger partial charge in [0.05, 0.1) is 0 Å². The van der Waals surface area contributed by atoms with Crippen molar-refractivity contribution in [2.24, 2.45) is 0 Å². The number of aliphatic hydroxyl groups excluding tert-OH is 2. The third-order valence-electron chi connectivity index (χ3n) is 3.20. The van der Waals surface area contributed by atoms with Crippen LogP contribution >= 0.6 is 0 Å². The van der Waals surface area contributed by atoms with Gasteiger partial charge >= 0.3 is 144 Å². The van der Waals surface area contributed by atoms with E-state index >= 15 is 0 Å². The molecule has 0 heterocycles. The average Bonchev–Trinajstić information content (AvgIpc) is 2.46. The van der Waals surface area contributed by atoms with Gasteiger partial charge in [-0.05, 0) is 0 Å². The van der Waals surface area contributed by atoms with Crippen molar-refractivity contribution in [3.63, 3.8) is 0 Å². The fourth-order valence-corrected chi connectivity index (χ4v) is 9.76. The van der Waals surface area contributed by atoms with Crippen LogP contribution in [-0.2, 0) is 12.8 Å². The fraction of sp³-hybridized carbons (Fsp3) is 0.333. The van der Waals surface area contributed by atoms with Crippen molar-refractivity contribution in [2.45, 2.75) is 38.9 Å². The SMILES string of the molecule is CC(O)Cc1ccccc1[Se][Se]c1ccccc1CC(C)O. The Morgan fingerprint density at radius 3 is 1.45 bits per heavy atom. The van der Waals surface area contributed by atoms with E-state index in [1.54, 1.807) is 0 Å². The summed E-state index contributed by atoms with van der Waals surface area (Å²) in [5, 5.41) is 19.3. The molecule has 0 bridgehead atoms. The molecule has 0 amide bonds. The van der Waals surface area contributed by atoms with Gasteiger partial charge in [0.15, 0.2) is 0 Å². The van der Waals surface area contributed by atoms with Crippen LogP contribution in [0.1, 0.15) is 25.0 Å². The predicted octanol–water partition coefficient (Wildman–Crippen LogP) is 0.807. The second kappa shape index (κ2) is 8.88. The molecule has 0 aromatic heterocycles. The molecule has 2 aromatic rings. The van der Waals surface area contributed by atoms with Gasteiger partial charge in [-0.3, -0.25) is 0 Å². The summed E-state index contributed by atoms with van der Waals surface area (Å²) in [7, 11) is 0. The molecule has 2 rings (SSSR count). The molecule has 2 unspecified atom stereocenters. The third kappa shape index (κ3) is 5.55. The zero-order valence-electron chi connectivity index (χ0n) is 12.9. The van der Waals surface area contributed by atoms with Gasteiger partial charge in [-0.2, -0.15) is 0 Å². The molecule has 0 aliphatic carbocycles. The minimum absolute atomic E-state index is 0.299. The summed E-state index contributed by atoms with van der Waals surface area (Å²) in [5.41, 5.74) is 2.54. The van der Waals surface area contributed by atoms with Crippen LogP contribution in [0.25, 0.3) is 0 Å². The average molecular weight is 428 g/mol. The van der Waals surface area contributed by atoms with E-state index in [9.17, 15) is 10.2 Å². The molecule has 0 radical (unpaired) electrons. The van der Waals surface area contributed by atoms with E-state index in [4.69, 9.17) is 0 Å². The summed E-state index contributed by atoms with van der Waals surface area (Å²) in [5.74, 6) is 0. The van der Waals surface area contributed by atoms with Crippen LogP contribution in [0.15, 0.2) is 48.5 Å². The van der Waals surface area contributed by atoms with Crippen molar-refractivity contribution in [3.8, 4) is 0 Å². The maximum atomic E-state index is 9.64. The number of hydrogen-bond acceptors (Lipinski definition) is 2. The first-order valence-corrected chi connectivity index (χ1v) is 13.5. The molecule has 0 aliphatic heterocycles. The van der Waals surface area contributed by atoms with Crippen LogP contribution in [0.5, 0.6) is 0 Å². The zero-order valence-corrected chi connectivity index (χ0v) is 16.3. The molecule has 0 saturated heterocycles. The van der Waals surface area contributed by atoms with Gasteiger partial charge in [-0.25, -0.2) is 0 Å². The Morgan fingerprint density at radius 1 is 0.727 bits per heavy atom. The predicted molar refractivity (Wildman–Crippen MR) is 94.4 cm³/mol. The van der Waals surface area contributed by atoms with E-state index in [0.29, 0.717) is 26.3 Å². The Balaban J connectivity index is 2.10. The van der Waals surface area contributed by atoms with E-state index in [1.165, 1.54) is 20.1 Å². The summed E-state index contributed by atoms with van der Waals surface area (Å²) in [6, 6.07) is 16.9. The molecule has 2 atom stereocenters. The van der Waals surface area contributed by atoms with Crippen molar-refractivity contribution in [3.05, 3.63) is 59.7 Å². The van der Waals surface area contributed by atoms with Gasteiger partial charge in [-0.1, -0.05) is 0 Å². The molecule has 4 heteroatoms. The fourth-order valence-electron chi connectivity index (χ4n) is 2.23. The number of rotatable bonds is 7. The molecule has 0 aliphatic rings. The Hall–Kier alpha value is -0.601. The molecule has 118 valence electrons. The number of benzene rings is 2. The normalized spacial score (nSPS) is 13.8. The van der Waals surface area contributed by atoms with Crippen molar-refractivity contribution < 1.29 is 10.2 Å². The second-order valence-electron chi connectivity index (χ2n) is 5.49. The van der Waals surface area contributed by atoms with E-state index in [2.05, 4.69) is 36.4 Å². The standard InChI is InChI=1S/C18H22O2Se2/c1-13(19)11-15-7-3-5-9-17(15)21-22-18-10-6-4-8-16(18)12-14(2)20/h3-10,13-14,19-20H,11-12H2,1-2H3. The summed E-state index contributed by atoms with van der Waals surface area (Å²) in [6.45, 7) is 3.68. The zero-order chi connectivity index (χ0) is 15.9. The monoisotopic (exact) mass is 430 g/mol. The quantitative estimate of drug-likeness (QED) is 0.641. The molecule has 2 nitrogen and oxygen atoms in total. The molecular formula is C18H22O2Se2. The van der Waals surface area contributed by atoms with E-state index in [-0.39, 0.29) is 12.2 Å². The molecule has 0 saturated carbocycles. The molecular weight excluding hydrogens is 406 g/mol. The first-order chi connectivity index (χ1) is 10.6. The van der Waals surface area contributed by atoms with Crippen LogP contribution in [0.2, 0.25) is 0 Å². The molecule has 22 heavy (non-hydrogen) atoms. The molecule has 2 N–H and O–H groups in total. The van der Waals surface area contributed by atoms with Crippen LogP contribution in [0.4, 0.5) is 0 Å². The van der Waals surface area contributed by atoms with Gasteiger partial charge < -0.3 is 0 Å². The van der Waals surface area contributed by atoms with Crippen LogP contribution in [0.3, 0.4) is 0 Å². The summed E-state index contributed by atoms with van der Waals surface area (Å²) in [6.07, 6.45) is 0.853. The Morgan fingerprint density at radius 2 is 1.09 bits per heavy atom. The number of hydrogen-bond donors (Lipinski definition) is 2. The summed E-state index contributed by atoms with van der Waals surface area (Å²) in [4.78, 5) is 0. The van der Waals surface area contributed by atoms with Gasteiger partial charge in [-0.15, -0.1) is 0 Å². The van der Waals surface area contributed by atoms with Gasteiger partial charge in [0.25, 0.3) is 0 Å². The van der Waals surface area contributed by atoms with Gasteiger partial charge in [0.2, 0.25) is 0 Å². The summed E-state index contributed by atoms with van der Waals surface area (Å²) < 4.78 is 2.78. The Bertz CT molecular complexity index is 544. The van der Waals surface area contributed by atoms with E-state index in [1.807, 2.05) is 26.0 Å². The van der Waals surface area contributed by atoms with Crippen molar-refractivity contribution >= 4 is 35.2 Å². The van der Waals surface area contributed by atoms with Gasteiger partial charge in [0.1, 0.15) is 0 Å². The van der Waals surface area contributed by atoms with Crippen molar-refractivity contribution in [1.82, 2.24) is 0 Å². The third-order valence-corrected chi connectivity index (χ3v) is 10.6. The first-order valence-electron chi connectivity index (χ1n) is 7.42. The van der Waals surface area contributed by atoms with Crippen LogP contribution in [0, 0.1) is 0 Å². The summed E-state index contributed by atoms with van der Waals surface area (Å²) >= 11 is 0.792. The molecule has 0 spiro atoms. The second-order valence-corrected chi connectivity index (χ2v) is 11.7. The Kier molecular flexibility index (Phi) is 7.17.